The molecule has 2 aromatic carbocycles. The number of ether oxygens (including phenoxy) is 1. The molecule has 2 aromatic rings. The maximum absolute atomic E-state index is 13.4. The minimum Gasteiger partial charge on any atom is -0.379 e. The molecule has 9 nitrogen and oxygen atoms in total. The number of morpholine rings is 1. The van der Waals surface area contributed by atoms with E-state index in [0.29, 0.717) is 37.2 Å². The van der Waals surface area contributed by atoms with Gasteiger partial charge in [-0.1, -0.05) is 18.2 Å². The van der Waals surface area contributed by atoms with Gasteiger partial charge in [-0.15, -0.1) is 0 Å². The Hall–Kier alpha value is -3.40. The van der Waals surface area contributed by atoms with Crippen LogP contribution in [0.15, 0.2) is 42.5 Å². The fourth-order valence-corrected chi connectivity index (χ4v) is 5.81. The van der Waals surface area contributed by atoms with Gasteiger partial charge in [-0.2, -0.15) is 0 Å². The van der Waals surface area contributed by atoms with Crippen LogP contribution < -0.4 is 10.6 Å². The average molecular weight is 520 g/mol. The predicted molar refractivity (Wildman–Crippen MR) is 140 cm³/mol. The molecule has 3 aliphatic heterocycles. The van der Waals surface area contributed by atoms with Crippen molar-refractivity contribution in [3.63, 3.8) is 0 Å². The van der Waals surface area contributed by atoms with Crippen molar-refractivity contribution in [2.75, 3.05) is 39.4 Å². The van der Waals surface area contributed by atoms with Crippen LogP contribution in [0.25, 0.3) is 0 Å². The molecule has 0 aromatic heterocycles. The third-order valence-electron chi connectivity index (χ3n) is 8.12. The van der Waals surface area contributed by atoms with Gasteiger partial charge in [0.2, 0.25) is 5.91 Å². The molecule has 0 saturated carbocycles. The Labute approximate surface area is 222 Å². The number of carbonyl (C=O) groups excluding carboxylic acids is 4. The van der Waals surface area contributed by atoms with Gasteiger partial charge in [0.25, 0.3) is 11.8 Å². The standard InChI is InChI=1S/C29H34N4O5/c1-2-33(25-9-10-26(34)31-28(25)36)19-23-17-21(5-8-24(23)29(33)37)18-30-27(35)22-6-3-20(4-7-22)11-12-32-13-15-38-16-14-32/h3-8,17,25H,2,9-16,18-19H2,1H3,(H-,30,31,34,35,36)/p+1. The lowest BCUT2D eigenvalue weighted by Crippen LogP contribution is -2.63. The van der Waals surface area contributed by atoms with Crippen molar-refractivity contribution in [2.45, 2.75) is 45.3 Å². The number of amides is 4. The summed E-state index contributed by atoms with van der Waals surface area (Å²) in [4.78, 5) is 52.8. The minimum absolute atomic E-state index is 0.00213. The summed E-state index contributed by atoms with van der Waals surface area (Å²) >= 11 is 0. The fraction of sp³-hybridized carbons (Fsp3) is 0.448. The highest BCUT2D eigenvalue weighted by Gasteiger charge is 2.53. The van der Waals surface area contributed by atoms with Crippen LogP contribution in [0.5, 0.6) is 0 Å². The lowest BCUT2D eigenvalue weighted by Gasteiger charge is -2.38. The zero-order valence-corrected chi connectivity index (χ0v) is 21.8. The molecule has 0 spiro atoms. The van der Waals surface area contributed by atoms with Crippen molar-refractivity contribution < 1.29 is 28.4 Å². The van der Waals surface area contributed by atoms with Crippen LogP contribution in [0.3, 0.4) is 0 Å². The molecule has 4 amide bonds. The van der Waals surface area contributed by atoms with Crippen molar-refractivity contribution in [1.82, 2.24) is 15.5 Å². The first-order chi connectivity index (χ1) is 18.4. The molecular weight excluding hydrogens is 484 g/mol. The first kappa shape index (κ1) is 26.2. The average Bonchev–Trinajstić information content (AvgIpc) is 3.23. The first-order valence-corrected chi connectivity index (χ1v) is 13.4. The van der Waals surface area contributed by atoms with E-state index in [-0.39, 0.29) is 34.5 Å². The van der Waals surface area contributed by atoms with Crippen LogP contribution in [0.4, 0.5) is 0 Å². The number of fused-ring (bicyclic) bond motifs is 1. The molecule has 0 aliphatic carbocycles. The van der Waals surface area contributed by atoms with Crippen LogP contribution >= 0.6 is 0 Å². The number of nitrogens with zero attached hydrogens (tertiary/aromatic N) is 2. The molecule has 0 radical (unpaired) electrons. The van der Waals surface area contributed by atoms with Gasteiger partial charge in [-0.25, -0.2) is 9.28 Å². The van der Waals surface area contributed by atoms with E-state index in [2.05, 4.69) is 15.5 Å². The summed E-state index contributed by atoms with van der Waals surface area (Å²) in [6.45, 7) is 7.61. The first-order valence-electron chi connectivity index (χ1n) is 13.4. The second-order valence-electron chi connectivity index (χ2n) is 10.4. The Balaban J connectivity index is 1.19. The Kier molecular flexibility index (Phi) is 7.69. The molecule has 5 rings (SSSR count). The predicted octanol–water partition coefficient (Wildman–Crippen LogP) is 1.79. The molecule has 2 fully saturated rings. The number of rotatable bonds is 8. The van der Waals surface area contributed by atoms with Crippen LogP contribution in [-0.4, -0.2) is 78.4 Å². The van der Waals surface area contributed by atoms with Gasteiger partial charge in [-0.05, 0) is 48.7 Å². The molecule has 2 atom stereocenters. The number of carbonyl (C=O) groups is 4. The lowest BCUT2D eigenvalue weighted by molar-refractivity contribution is -0.873. The highest BCUT2D eigenvalue weighted by Crippen LogP contribution is 2.35. The Morgan fingerprint density at radius 1 is 1.08 bits per heavy atom. The topological polar surface area (TPSA) is 105 Å². The van der Waals surface area contributed by atoms with Gasteiger partial charge in [0.1, 0.15) is 6.54 Å². The van der Waals surface area contributed by atoms with Crippen LogP contribution in [0.2, 0.25) is 0 Å². The van der Waals surface area contributed by atoms with E-state index in [4.69, 9.17) is 4.74 Å². The minimum atomic E-state index is -0.572. The van der Waals surface area contributed by atoms with Crippen molar-refractivity contribution >= 4 is 23.6 Å². The van der Waals surface area contributed by atoms with Gasteiger partial charge >= 0.3 is 5.91 Å². The Morgan fingerprint density at radius 3 is 2.53 bits per heavy atom. The summed E-state index contributed by atoms with van der Waals surface area (Å²) in [6, 6.07) is 12.8. The smallest absolute Gasteiger partial charge is 0.347 e. The second-order valence-corrected chi connectivity index (χ2v) is 10.4. The van der Waals surface area contributed by atoms with Gasteiger partial charge in [0.05, 0.1) is 25.3 Å². The van der Waals surface area contributed by atoms with E-state index in [1.165, 1.54) is 5.56 Å². The molecule has 38 heavy (non-hydrogen) atoms. The van der Waals surface area contributed by atoms with Gasteiger partial charge in [0, 0.05) is 50.1 Å². The van der Waals surface area contributed by atoms with Gasteiger partial charge in [0.15, 0.2) is 6.04 Å². The van der Waals surface area contributed by atoms with E-state index >= 15 is 0 Å². The molecule has 0 bridgehead atoms. The Morgan fingerprint density at radius 2 is 1.82 bits per heavy atom. The molecule has 3 heterocycles. The number of likely N-dealkylation sites (N-methyl/N-ethyl adjacent to an activating group) is 1. The molecule has 2 N–H and O–H groups in total. The number of benzene rings is 2. The van der Waals surface area contributed by atoms with Gasteiger partial charge in [-0.3, -0.25) is 24.6 Å². The van der Waals surface area contributed by atoms with Crippen LogP contribution in [-0.2, 0) is 33.8 Å². The summed E-state index contributed by atoms with van der Waals surface area (Å²) in [7, 11) is 0. The van der Waals surface area contributed by atoms with Crippen molar-refractivity contribution in [3.05, 3.63) is 70.3 Å². The molecule has 9 heteroatoms. The van der Waals surface area contributed by atoms with E-state index < -0.39 is 6.04 Å². The number of imide groups is 1. The number of nitrogens with one attached hydrogen (secondary N) is 2. The highest BCUT2D eigenvalue weighted by molar-refractivity contribution is 6.02. The summed E-state index contributed by atoms with van der Waals surface area (Å²) in [5, 5.41) is 5.38. The molecule has 2 unspecified atom stereocenters. The molecule has 200 valence electrons. The van der Waals surface area contributed by atoms with Crippen LogP contribution in [0, 0.1) is 0 Å². The van der Waals surface area contributed by atoms with E-state index in [9.17, 15) is 19.2 Å². The third-order valence-corrected chi connectivity index (χ3v) is 8.12. The normalized spacial score (nSPS) is 23.7. The monoisotopic (exact) mass is 519 g/mol. The number of hydrogen-bond donors (Lipinski definition) is 2. The SMILES string of the molecule is CC[N+]1(C2CCC(=O)NC2=O)Cc2cc(CNC(=O)c3ccc(CCN4CCOCC4)cc3)ccc2C1=O. The lowest BCUT2D eigenvalue weighted by atomic mass is 10.0. The maximum Gasteiger partial charge on any atom is 0.347 e. The number of hydrogen-bond acceptors (Lipinski definition) is 6. The summed E-state index contributed by atoms with van der Waals surface area (Å²) in [5.74, 6) is -0.890. The molecular formula is C29H35N4O5+. The number of piperidine rings is 1. The quantitative estimate of drug-likeness (QED) is 0.407. The highest BCUT2D eigenvalue weighted by atomic mass is 16.5. The van der Waals surface area contributed by atoms with Gasteiger partial charge < -0.3 is 10.1 Å². The second kappa shape index (κ2) is 11.1. The van der Waals surface area contributed by atoms with E-state index in [1.807, 2.05) is 43.3 Å². The van der Waals surface area contributed by atoms with E-state index in [1.54, 1.807) is 6.07 Å². The zero-order valence-electron chi connectivity index (χ0n) is 21.8. The van der Waals surface area contributed by atoms with Crippen molar-refractivity contribution in [1.29, 1.82) is 0 Å². The third kappa shape index (κ3) is 5.27. The van der Waals surface area contributed by atoms with Crippen molar-refractivity contribution in [3.8, 4) is 0 Å². The molecule has 3 aliphatic rings. The summed E-state index contributed by atoms with van der Waals surface area (Å²) < 4.78 is 5.40. The van der Waals surface area contributed by atoms with Crippen molar-refractivity contribution in [2.24, 2.45) is 0 Å². The van der Waals surface area contributed by atoms with Crippen LogP contribution in [0.1, 0.15) is 57.2 Å². The number of quaternary nitrogens is 1. The Bertz CT molecular complexity index is 1240. The zero-order chi connectivity index (χ0) is 26.7. The maximum atomic E-state index is 13.4. The summed E-state index contributed by atoms with van der Waals surface area (Å²) in [5.41, 5.74) is 4.18. The molecule has 2 saturated heterocycles. The van der Waals surface area contributed by atoms with E-state index in [0.717, 1.165) is 50.4 Å². The summed E-state index contributed by atoms with van der Waals surface area (Å²) in [6.07, 6.45) is 1.55. The fourth-order valence-electron chi connectivity index (χ4n) is 5.81. The largest absolute Gasteiger partial charge is 0.379 e.